The Morgan fingerprint density at radius 1 is 0.900 bits per heavy atom. The van der Waals surface area contributed by atoms with Gasteiger partial charge in [-0.05, 0) is 46.7 Å². The minimum absolute atomic E-state index is 0.0675. The van der Waals surface area contributed by atoms with Crippen LogP contribution < -0.4 is 5.32 Å². The number of esters is 1. The van der Waals surface area contributed by atoms with Gasteiger partial charge in [0.25, 0.3) is 0 Å². The maximum absolute atomic E-state index is 13.0. The number of ether oxygens (including phenoxy) is 2. The third-order valence-corrected chi connectivity index (χ3v) is 8.53. The summed E-state index contributed by atoms with van der Waals surface area (Å²) in [7, 11) is -1.19. The third-order valence-electron chi connectivity index (χ3n) is 6.82. The normalized spacial score (nSPS) is 13.4. The number of hydrogen-bond donors (Lipinski definition) is 1. The van der Waals surface area contributed by atoms with Crippen molar-refractivity contribution in [3.63, 3.8) is 0 Å². The van der Waals surface area contributed by atoms with Crippen LogP contribution in [0.15, 0.2) is 84.0 Å². The average molecular weight is 559 g/mol. The third kappa shape index (κ3) is 8.29. The summed E-state index contributed by atoms with van der Waals surface area (Å²) < 4.78 is 11.2. The first kappa shape index (κ1) is 29.1. The Morgan fingerprint density at radius 2 is 1.52 bits per heavy atom. The molecule has 0 radical (unpaired) electrons. The molecule has 4 rings (SSSR count). The van der Waals surface area contributed by atoms with Crippen molar-refractivity contribution >= 4 is 26.4 Å². The van der Waals surface area contributed by atoms with Gasteiger partial charge in [0.2, 0.25) is 0 Å². The van der Waals surface area contributed by atoms with Crippen LogP contribution in [0.3, 0.4) is 0 Å². The number of alkyl carbamates (subject to hydrolysis) is 1. The predicted octanol–water partition coefficient (Wildman–Crippen LogP) is 6.76. The Hall–Kier alpha value is -3.91. The lowest BCUT2D eigenvalue weighted by Gasteiger charge is -2.19. The fraction of sp³-hybridized carbons (Fsp3) is 0.344. The van der Waals surface area contributed by atoms with Crippen molar-refractivity contribution < 1.29 is 23.9 Å². The Bertz CT molecular complexity index is 1260. The molecule has 1 aliphatic carbocycles. The predicted molar refractivity (Wildman–Crippen MR) is 160 cm³/mol. The number of benzene rings is 3. The Balaban J connectivity index is 1.34. The highest BCUT2D eigenvalue weighted by atomic mass is 28.3. The van der Waals surface area contributed by atoms with Crippen LogP contribution in [0, 0.1) is 0 Å². The van der Waals surface area contributed by atoms with E-state index >= 15 is 0 Å². The Labute approximate surface area is 237 Å². The number of carbonyl (C=O) groups is 2. The van der Waals surface area contributed by atoms with Crippen LogP contribution in [0.5, 0.6) is 0 Å². The highest BCUT2D eigenvalue weighted by molar-refractivity contribution is 6.76. The standard InChI is InChI=1S/C32H38N2O5Si/c1-40(2,3)21-20-39-33-19-11-18-30(31(35)37-22-24-12-5-4-6-13-24)34-32(36)38-23-29-27-16-9-7-14-25(27)26-15-8-10-17-28(26)29/h4-10,12-17,19,29-30H,11,18,20-23H2,1-3H3,(H,34,36)/b33-19+/t30-/m0/s1. The van der Waals surface area contributed by atoms with Crippen LogP contribution in [-0.2, 0) is 25.7 Å². The molecule has 0 spiro atoms. The summed E-state index contributed by atoms with van der Waals surface area (Å²) >= 11 is 0. The molecule has 210 valence electrons. The molecule has 0 saturated carbocycles. The van der Waals surface area contributed by atoms with E-state index in [1.54, 1.807) is 6.21 Å². The van der Waals surface area contributed by atoms with Crippen molar-refractivity contribution in [2.24, 2.45) is 5.16 Å². The first-order valence-corrected chi connectivity index (χ1v) is 17.5. The molecule has 7 nitrogen and oxygen atoms in total. The monoisotopic (exact) mass is 558 g/mol. The highest BCUT2D eigenvalue weighted by Gasteiger charge is 2.30. The molecule has 0 unspecified atom stereocenters. The summed E-state index contributed by atoms with van der Waals surface area (Å²) in [6, 6.07) is 25.9. The fourth-order valence-corrected chi connectivity index (χ4v) is 5.32. The molecule has 0 fully saturated rings. The van der Waals surface area contributed by atoms with Crippen molar-refractivity contribution in [3.8, 4) is 11.1 Å². The summed E-state index contributed by atoms with van der Waals surface area (Å²) in [5.41, 5.74) is 5.43. The zero-order valence-electron chi connectivity index (χ0n) is 23.5. The van der Waals surface area contributed by atoms with Crippen LogP contribution in [0.4, 0.5) is 4.79 Å². The van der Waals surface area contributed by atoms with Crippen LogP contribution in [0.25, 0.3) is 11.1 Å². The van der Waals surface area contributed by atoms with Gasteiger partial charge in [-0.2, -0.15) is 0 Å². The molecule has 0 saturated heterocycles. The largest absolute Gasteiger partial charge is 0.459 e. The summed E-state index contributed by atoms with van der Waals surface area (Å²) in [5.74, 6) is -0.590. The zero-order valence-corrected chi connectivity index (χ0v) is 24.5. The van der Waals surface area contributed by atoms with E-state index in [-0.39, 0.29) is 19.1 Å². The Morgan fingerprint density at radius 3 is 2.17 bits per heavy atom. The van der Waals surface area contributed by atoms with Gasteiger partial charge in [0.05, 0.1) is 0 Å². The van der Waals surface area contributed by atoms with Crippen molar-refractivity contribution in [1.82, 2.24) is 5.32 Å². The molecular formula is C32H38N2O5Si. The topological polar surface area (TPSA) is 86.2 Å². The number of nitrogens with one attached hydrogen (secondary N) is 1. The van der Waals surface area contributed by atoms with Gasteiger partial charge in [-0.3, -0.25) is 0 Å². The van der Waals surface area contributed by atoms with Gasteiger partial charge < -0.3 is 19.6 Å². The molecule has 0 bridgehead atoms. The van der Waals surface area contributed by atoms with Crippen molar-refractivity contribution in [3.05, 3.63) is 95.6 Å². The molecular weight excluding hydrogens is 520 g/mol. The smallest absolute Gasteiger partial charge is 0.407 e. The number of hydrogen-bond acceptors (Lipinski definition) is 6. The van der Waals surface area contributed by atoms with E-state index < -0.39 is 26.2 Å². The van der Waals surface area contributed by atoms with Gasteiger partial charge in [0.1, 0.15) is 25.9 Å². The van der Waals surface area contributed by atoms with Crippen LogP contribution in [-0.4, -0.2) is 45.6 Å². The van der Waals surface area contributed by atoms with Crippen LogP contribution in [0.2, 0.25) is 25.7 Å². The highest BCUT2D eigenvalue weighted by Crippen LogP contribution is 2.44. The second-order valence-corrected chi connectivity index (χ2v) is 16.7. The van der Waals surface area contributed by atoms with E-state index in [1.165, 1.54) is 0 Å². The van der Waals surface area contributed by atoms with Gasteiger partial charge in [-0.15, -0.1) is 0 Å². The van der Waals surface area contributed by atoms with Gasteiger partial charge >= 0.3 is 12.1 Å². The van der Waals surface area contributed by atoms with Gasteiger partial charge in [0.15, 0.2) is 0 Å². The molecule has 8 heteroatoms. The first-order valence-electron chi connectivity index (χ1n) is 13.8. The number of nitrogens with zero attached hydrogens (tertiary/aromatic N) is 1. The molecule has 1 atom stereocenters. The van der Waals surface area contributed by atoms with E-state index in [0.29, 0.717) is 19.4 Å². The molecule has 40 heavy (non-hydrogen) atoms. The number of fused-ring (bicyclic) bond motifs is 3. The average Bonchev–Trinajstić information content (AvgIpc) is 3.27. The lowest BCUT2D eigenvalue weighted by Crippen LogP contribution is -2.42. The molecule has 1 amide bonds. The van der Waals surface area contributed by atoms with Crippen LogP contribution in [0.1, 0.15) is 35.4 Å². The van der Waals surface area contributed by atoms with Gasteiger partial charge in [-0.1, -0.05) is 104 Å². The van der Waals surface area contributed by atoms with Crippen molar-refractivity contribution in [1.29, 1.82) is 0 Å². The van der Waals surface area contributed by atoms with Crippen molar-refractivity contribution in [2.45, 2.75) is 57.1 Å². The maximum atomic E-state index is 13.0. The summed E-state index contributed by atoms with van der Waals surface area (Å²) in [4.78, 5) is 31.2. The number of carbonyl (C=O) groups excluding carboxylic acids is 2. The van der Waals surface area contributed by atoms with Gasteiger partial charge in [0, 0.05) is 20.2 Å². The fourth-order valence-electron chi connectivity index (χ4n) is 4.61. The lowest BCUT2D eigenvalue weighted by molar-refractivity contribution is -0.147. The number of oxime groups is 1. The number of amides is 1. The minimum Gasteiger partial charge on any atom is -0.459 e. The molecule has 1 N–H and O–H groups in total. The molecule has 3 aromatic rings. The Kier molecular flexibility index (Phi) is 10.1. The molecule has 0 aliphatic heterocycles. The second-order valence-electron chi connectivity index (χ2n) is 11.1. The maximum Gasteiger partial charge on any atom is 0.407 e. The van der Waals surface area contributed by atoms with Crippen LogP contribution >= 0.6 is 0 Å². The molecule has 3 aromatic carbocycles. The first-order chi connectivity index (χ1) is 19.3. The van der Waals surface area contributed by atoms with E-state index in [0.717, 1.165) is 33.9 Å². The van der Waals surface area contributed by atoms with Crippen molar-refractivity contribution in [2.75, 3.05) is 13.2 Å². The molecule has 1 aliphatic rings. The van der Waals surface area contributed by atoms with E-state index in [4.69, 9.17) is 14.3 Å². The quantitative estimate of drug-likeness (QED) is 0.0824. The lowest BCUT2D eigenvalue weighted by atomic mass is 9.98. The SMILES string of the molecule is C[Si](C)(C)CCO/N=C/CC[C@H](NC(=O)OCC1c2ccccc2-c2ccccc21)C(=O)OCc1ccccc1. The number of rotatable bonds is 13. The summed E-state index contributed by atoms with van der Waals surface area (Å²) in [6.45, 7) is 7.70. The molecule has 0 aromatic heterocycles. The minimum atomic E-state index is -1.19. The zero-order chi connectivity index (χ0) is 28.4. The van der Waals surface area contributed by atoms with E-state index in [2.05, 4.69) is 54.4 Å². The molecule has 0 heterocycles. The summed E-state index contributed by atoms with van der Waals surface area (Å²) in [6.07, 6.45) is 1.70. The van der Waals surface area contributed by atoms with E-state index in [1.807, 2.05) is 54.6 Å². The second kappa shape index (κ2) is 13.9. The van der Waals surface area contributed by atoms with Gasteiger partial charge in [-0.25, -0.2) is 9.59 Å². The summed E-state index contributed by atoms with van der Waals surface area (Å²) in [5, 5.41) is 6.73. The van der Waals surface area contributed by atoms with E-state index in [9.17, 15) is 9.59 Å².